The maximum Gasteiger partial charge on any atom is 0.232 e. The molecule has 0 aliphatic carbocycles. The van der Waals surface area contributed by atoms with Crippen LogP contribution in [-0.2, 0) is 0 Å². The van der Waals surface area contributed by atoms with Crippen LogP contribution < -0.4 is 0 Å². The van der Waals surface area contributed by atoms with Gasteiger partial charge in [-0.2, -0.15) is 5.26 Å². The molecule has 3 nitrogen and oxygen atoms in total. The lowest BCUT2D eigenvalue weighted by Crippen LogP contribution is -1.90. The van der Waals surface area contributed by atoms with Crippen LogP contribution in [0.4, 0.5) is 0 Å². The van der Waals surface area contributed by atoms with Crippen molar-refractivity contribution in [2.24, 2.45) is 0 Å². The van der Waals surface area contributed by atoms with Crippen molar-refractivity contribution in [1.82, 2.24) is 9.97 Å². The van der Waals surface area contributed by atoms with Crippen molar-refractivity contribution in [3.63, 3.8) is 0 Å². The molecule has 0 spiro atoms. The molecular formula is C15H9N3. The number of nitriles is 1. The minimum absolute atomic E-state index is 0.195. The van der Waals surface area contributed by atoms with E-state index < -0.39 is 0 Å². The molecule has 84 valence electrons. The second-order valence-corrected chi connectivity index (χ2v) is 3.94. The molecule has 0 saturated carbocycles. The molecule has 3 heteroatoms. The molecule has 3 aromatic rings. The fourth-order valence-electron chi connectivity index (χ4n) is 1.92. The van der Waals surface area contributed by atoms with E-state index in [0.717, 1.165) is 16.6 Å². The van der Waals surface area contributed by atoms with Gasteiger partial charge in [0.2, 0.25) is 5.82 Å². The molecule has 3 rings (SSSR count). The average Bonchev–Trinajstić information content (AvgIpc) is 2.47. The summed E-state index contributed by atoms with van der Waals surface area (Å²) >= 11 is 0. The predicted octanol–water partition coefficient (Wildman–Crippen LogP) is 3.17. The molecule has 18 heavy (non-hydrogen) atoms. The lowest BCUT2D eigenvalue weighted by atomic mass is 10.1. The van der Waals surface area contributed by atoms with E-state index in [9.17, 15) is 0 Å². The van der Waals surface area contributed by atoms with Crippen molar-refractivity contribution in [3.05, 3.63) is 60.6 Å². The monoisotopic (exact) mass is 231 g/mol. The molecule has 0 atom stereocenters. The summed E-state index contributed by atoms with van der Waals surface area (Å²) in [5, 5.41) is 11.2. The number of hydrogen-bond acceptors (Lipinski definition) is 3. The highest BCUT2D eigenvalue weighted by Gasteiger charge is 2.02. The maximum absolute atomic E-state index is 8.81. The highest BCUT2D eigenvalue weighted by atomic mass is 14.9. The Labute approximate surface area is 104 Å². The van der Waals surface area contributed by atoms with Crippen LogP contribution in [0.15, 0.2) is 54.7 Å². The second-order valence-electron chi connectivity index (χ2n) is 3.94. The molecule has 0 N–H and O–H groups in total. The fourth-order valence-corrected chi connectivity index (χ4v) is 1.92. The predicted molar refractivity (Wildman–Crippen MR) is 69.7 cm³/mol. The van der Waals surface area contributed by atoms with Crippen LogP contribution in [0.25, 0.3) is 22.0 Å². The summed E-state index contributed by atoms with van der Waals surface area (Å²) in [6, 6.07) is 18.0. The van der Waals surface area contributed by atoms with E-state index in [1.165, 1.54) is 5.39 Å². The SMILES string of the molecule is N#Cc1nccc(-c2ccc3ccccc3c2)n1. The van der Waals surface area contributed by atoms with Crippen LogP contribution >= 0.6 is 0 Å². The molecule has 0 radical (unpaired) electrons. The largest absolute Gasteiger partial charge is 0.232 e. The standard InChI is InChI=1S/C15H9N3/c16-10-15-17-8-7-14(18-15)13-6-5-11-3-1-2-4-12(11)9-13/h1-9H. The summed E-state index contributed by atoms with van der Waals surface area (Å²) in [4.78, 5) is 8.07. The Morgan fingerprint density at radius 3 is 2.61 bits per heavy atom. The molecule has 0 saturated heterocycles. The first-order valence-corrected chi connectivity index (χ1v) is 5.59. The summed E-state index contributed by atoms with van der Waals surface area (Å²) in [5.41, 5.74) is 1.76. The summed E-state index contributed by atoms with van der Waals surface area (Å²) in [6.45, 7) is 0. The van der Waals surface area contributed by atoms with Crippen molar-refractivity contribution in [2.45, 2.75) is 0 Å². The van der Waals surface area contributed by atoms with Crippen LogP contribution in [0.2, 0.25) is 0 Å². The fraction of sp³-hybridized carbons (Fsp3) is 0. The Bertz CT molecular complexity index is 757. The van der Waals surface area contributed by atoms with Crippen LogP contribution in [0.1, 0.15) is 5.82 Å². The maximum atomic E-state index is 8.81. The number of nitrogens with zero attached hydrogens (tertiary/aromatic N) is 3. The van der Waals surface area contributed by atoms with Gasteiger partial charge in [0.25, 0.3) is 0 Å². The Kier molecular flexibility index (Phi) is 2.47. The summed E-state index contributed by atoms with van der Waals surface area (Å²) in [6.07, 6.45) is 1.61. The first-order valence-electron chi connectivity index (χ1n) is 5.59. The van der Waals surface area contributed by atoms with Gasteiger partial charge in [0, 0.05) is 11.8 Å². The molecule has 2 aromatic carbocycles. The van der Waals surface area contributed by atoms with Crippen molar-refractivity contribution in [1.29, 1.82) is 5.26 Å². The minimum Gasteiger partial charge on any atom is -0.227 e. The molecule has 0 bridgehead atoms. The summed E-state index contributed by atoms with van der Waals surface area (Å²) < 4.78 is 0. The third-order valence-electron chi connectivity index (χ3n) is 2.80. The number of benzene rings is 2. The highest BCUT2D eigenvalue weighted by Crippen LogP contribution is 2.22. The zero-order chi connectivity index (χ0) is 12.4. The number of rotatable bonds is 1. The smallest absolute Gasteiger partial charge is 0.227 e. The van der Waals surface area contributed by atoms with Gasteiger partial charge in [0.05, 0.1) is 5.69 Å². The number of aromatic nitrogens is 2. The topological polar surface area (TPSA) is 49.6 Å². The second kappa shape index (κ2) is 4.27. The normalized spacial score (nSPS) is 10.2. The van der Waals surface area contributed by atoms with E-state index >= 15 is 0 Å². The van der Waals surface area contributed by atoms with Gasteiger partial charge < -0.3 is 0 Å². The van der Waals surface area contributed by atoms with E-state index in [0.29, 0.717) is 0 Å². The molecule has 1 aromatic heterocycles. The molecule has 1 heterocycles. The van der Waals surface area contributed by atoms with Crippen LogP contribution in [0.5, 0.6) is 0 Å². The van der Waals surface area contributed by atoms with Gasteiger partial charge >= 0.3 is 0 Å². The van der Waals surface area contributed by atoms with Gasteiger partial charge in [0.15, 0.2) is 0 Å². The van der Waals surface area contributed by atoms with Crippen molar-refractivity contribution in [2.75, 3.05) is 0 Å². The van der Waals surface area contributed by atoms with Crippen LogP contribution in [-0.4, -0.2) is 9.97 Å². The highest BCUT2D eigenvalue weighted by molar-refractivity contribution is 5.86. The Hall–Kier alpha value is -2.73. The van der Waals surface area contributed by atoms with E-state index in [4.69, 9.17) is 5.26 Å². The van der Waals surface area contributed by atoms with Gasteiger partial charge in [-0.25, -0.2) is 9.97 Å². The van der Waals surface area contributed by atoms with E-state index in [-0.39, 0.29) is 5.82 Å². The molecule has 0 amide bonds. The van der Waals surface area contributed by atoms with Crippen molar-refractivity contribution in [3.8, 4) is 17.3 Å². The van der Waals surface area contributed by atoms with E-state index in [1.807, 2.05) is 30.3 Å². The van der Waals surface area contributed by atoms with Gasteiger partial charge in [-0.3, -0.25) is 0 Å². The number of fused-ring (bicyclic) bond motifs is 1. The lowest BCUT2D eigenvalue weighted by molar-refractivity contribution is 1.12. The quantitative estimate of drug-likeness (QED) is 0.646. The summed E-state index contributed by atoms with van der Waals surface area (Å²) in [7, 11) is 0. The summed E-state index contributed by atoms with van der Waals surface area (Å²) in [5.74, 6) is 0.195. The first kappa shape index (κ1) is 10.4. The first-order chi connectivity index (χ1) is 8.86. The van der Waals surface area contributed by atoms with Gasteiger partial charge in [-0.05, 0) is 22.9 Å². The van der Waals surface area contributed by atoms with E-state index in [2.05, 4.69) is 34.2 Å². The molecule has 0 unspecified atom stereocenters. The Morgan fingerprint density at radius 1 is 0.944 bits per heavy atom. The average molecular weight is 231 g/mol. The van der Waals surface area contributed by atoms with Gasteiger partial charge in [-0.15, -0.1) is 0 Å². The van der Waals surface area contributed by atoms with Gasteiger partial charge in [0.1, 0.15) is 6.07 Å². The van der Waals surface area contributed by atoms with Crippen LogP contribution in [0.3, 0.4) is 0 Å². The third kappa shape index (κ3) is 1.80. The van der Waals surface area contributed by atoms with Crippen LogP contribution in [0, 0.1) is 11.3 Å². The van der Waals surface area contributed by atoms with Gasteiger partial charge in [-0.1, -0.05) is 36.4 Å². The minimum atomic E-state index is 0.195. The molecule has 0 aliphatic heterocycles. The molecule has 0 fully saturated rings. The molecular weight excluding hydrogens is 222 g/mol. The van der Waals surface area contributed by atoms with Crippen molar-refractivity contribution < 1.29 is 0 Å². The van der Waals surface area contributed by atoms with E-state index in [1.54, 1.807) is 6.20 Å². The zero-order valence-corrected chi connectivity index (χ0v) is 9.54. The zero-order valence-electron chi connectivity index (χ0n) is 9.54. The Morgan fingerprint density at radius 2 is 1.78 bits per heavy atom. The Balaban J connectivity index is 2.16. The third-order valence-corrected chi connectivity index (χ3v) is 2.80. The molecule has 0 aliphatic rings. The van der Waals surface area contributed by atoms with Crippen molar-refractivity contribution >= 4 is 10.8 Å². The lowest BCUT2D eigenvalue weighted by Gasteiger charge is -2.03. The number of hydrogen-bond donors (Lipinski definition) is 0.